The Bertz CT molecular complexity index is 123. The average molecular weight is 157 g/mol. The maximum atomic E-state index is 4.90. The number of nitrogens with zero attached hydrogens (tertiary/aromatic N) is 1. The molecule has 0 spiro atoms. The molecular formula is C9H19NO. The van der Waals surface area contributed by atoms with E-state index in [0.717, 1.165) is 19.7 Å². The quantitative estimate of drug-likeness (QED) is 0.569. The molecule has 0 aromatic carbocycles. The van der Waals surface area contributed by atoms with Crippen molar-refractivity contribution in [2.75, 3.05) is 33.9 Å². The zero-order valence-corrected chi connectivity index (χ0v) is 6.98. The SMILES string of the molecule is C.CC#CCN(C)CCOC. The Morgan fingerprint density at radius 3 is 2.55 bits per heavy atom. The Kier molecular flexibility index (Phi) is 11.3. The third kappa shape index (κ3) is 9.48. The van der Waals surface area contributed by atoms with Crippen LogP contribution in [-0.2, 0) is 4.74 Å². The third-order valence-corrected chi connectivity index (χ3v) is 1.20. The van der Waals surface area contributed by atoms with Crippen LogP contribution in [0, 0.1) is 11.8 Å². The summed E-state index contributed by atoms with van der Waals surface area (Å²) in [6.07, 6.45) is 0. The molecule has 0 saturated carbocycles. The number of hydrogen-bond donors (Lipinski definition) is 0. The van der Waals surface area contributed by atoms with E-state index >= 15 is 0 Å². The van der Waals surface area contributed by atoms with Gasteiger partial charge in [0.25, 0.3) is 0 Å². The van der Waals surface area contributed by atoms with Crippen molar-refractivity contribution in [1.29, 1.82) is 0 Å². The maximum absolute atomic E-state index is 4.90. The molecule has 0 aliphatic heterocycles. The molecule has 0 saturated heterocycles. The van der Waals surface area contributed by atoms with Gasteiger partial charge in [0.15, 0.2) is 0 Å². The van der Waals surface area contributed by atoms with E-state index in [1.807, 2.05) is 14.0 Å². The average Bonchev–Trinajstić information content (AvgIpc) is 1.97. The van der Waals surface area contributed by atoms with Crippen LogP contribution in [0.2, 0.25) is 0 Å². The van der Waals surface area contributed by atoms with Crippen LogP contribution in [0.1, 0.15) is 14.4 Å². The van der Waals surface area contributed by atoms with Gasteiger partial charge in [-0.15, -0.1) is 5.92 Å². The van der Waals surface area contributed by atoms with Crippen LogP contribution in [0.15, 0.2) is 0 Å². The van der Waals surface area contributed by atoms with Gasteiger partial charge in [-0.1, -0.05) is 13.3 Å². The van der Waals surface area contributed by atoms with Gasteiger partial charge in [0.05, 0.1) is 13.2 Å². The highest BCUT2D eigenvalue weighted by Crippen LogP contribution is 1.79. The van der Waals surface area contributed by atoms with Crippen LogP contribution < -0.4 is 0 Å². The molecule has 0 heterocycles. The van der Waals surface area contributed by atoms with Gasteiger partial charge in [-0.05, 0) is 14.0 Å². The standard InChI is InChI=1S/C8H15NO.CH4/c1-4-5-6-9(2)7-8-10-3;/h6-8H2,1-3H3;1H4. The van der Waals surface area contributed by atoms with Crippen LogP contribution in [0.25, 0.3) is 0 Å². The highest BCUT2D eigenvalue weighted by molar-refractivity contribution is 4.97. The van der Waals surface area contributed by atoms with Crippen LogP contribution >= 0.6 is 0 Å². The molecule has 0 aliphatic carbocycles. The Balaban J connectivity index is 0. The molecule has 0 rings (SSSR count). The molecule has 11 heavy (non-hydrogen) atoms. The predicted octanol–water partition coefficient (Wildman–Crippen LogP) is 1.22. The Morgan fingerprint density at radius 1 is 1.45 bits per heavy atom. The topological polar surface area (TPSA) is 12.5 Å². The summed E-state index contributed by atoms with van der Waals surface area (Å²) in [5, 5.41) is 0. The van der Waals surface area contributed by atoms with Crippen molar-refractivity contribution in [3.8, 4) is 11.8 Å². The lowest BCUT2D eigenvalue weighted by Crippen LogP contribution is -2.22. The summed E-state index contributed by atoms with van der Waals surface area (Å²) in [6.45, 7) is 4.41. The van der Waals surface area contributed by atoms with E-state index < -0.39 is 0 Å². The van der Waals surface area contributed by atoms with Crippen molar-refractivity contribution in [2.45, 2.75) is 14.4 Å². The normalized spacial score (nSPS) is 8.36. The van der Waals surface area contributed by atoms with Crippen molar-refractivity contribution in [2.24, 2.45) is 0 Å². The molecule has 0 aromatic heterocycles. The second kappa shape index (κ2) is 9.48. The van der Waals surface area contributed by atoms with Gasteiger partial charge < -0.3 is 4.74 Å². The Hall–Kier alpha value is -0.520. The highest BCUT2D eigenvalue weighted by atomic mass is 16.5. The van der Waals surface area contributed by atoms with Crippen LogP contribution in [0.5, 0.6) is 0 Å². The fraction of sp³-hybridized carbons (Fsp3) is 0.778. The molecule has 0 aliphatic rings. The molecule has 0 N–H and O–H groups in total. The number of methoxy groups -OCH3 is 1. The number of ether oxygens (including phenoxy) is 1. The first-order chi connectivity index (χ1) is 4.81. The largest absolute Gasteiger partial charge is 0.383 e. The summed E-state index contributed by atoms with van der Waals surface area (Å²) in [5.74, 6) is 5.82. The molecule has 0 fully saturated rings. The predicted molar refractivity (Wildman–Crippen MR) is 49.6 cm³/mol. The first kappa shape index (κ1) is 13.1. The summed E-state index contributed by atoms with van der Waals surface area (Å²) < 4.78 is 4.90. The van der Waals surface area contributed by atoms with E-state index in [-0.39, 0.29) is 7.43 Å². The maximum Gasteiger partial charge on any atom is 0.0599 e. The molecular weight excluding hydrogens is 138 g/mol. The van der Waals surface area contributed by atoms with Crippen molar-refractivity contribution in [1.82, 2.24) is 4.90 Å². The molecule has 0 radical (unpaired) electrons. The molecule has 0 atom stereocenters. The summed E-state index contributed by atoms with van der Waals surface area (Å²) in [5.41, 5.74) is 0. The zero-order chi connectivity index (χ0) is 7.82. The second-order valence-electron chi connectivity index (χ2n) is 2.16. The van der Waals surface area contributed by atoms with Crippen molar-refractivity contribution < 1.29 is 4.74 Å². The van der Waals surface area contributed by atoms with Gasteiger partial charge in [-0.25, -0.2) is 0 Å². The molecule has 0 amide bonds. The van der Waals surface area contributed by atoms with Gasteiger partial charge in [0.1, 0.15) is 0 Å². The minimum Gasteiger partial charge on any atom is -0.383 e. The number of rotatable bonds is 4. The fourth-order valence-electron chi connectivity index (χ4n) is 0.540. The lowest BCUT2D eigenvalue weighted by Gasteiger charge is -2.11. The van der Waals surface area contributed by atoms with Crippen molar-refractivity contribution >= 4 is 0 Å². The minimum absolute atomic E-state index is 0. The molecule has 0 bridgehead atoms. The van der Waals surface area contributed by atoms with E-state index in [2.05, 4.69) is 16.7 Å². The number of hydrogen-bond acceptors (Lipinski definition) is 2. The lowest BCUT2D eigenvalue weighted by atomic mass is 10.5. The van der Waals surface area contributed by atoms with Crippen LogP contribution in [0.3, 0.4) is 0 Å². The van der Waals surface area contributed by atoms with E-state index in [9.17, 15) is 0 Å². The van der Waals surface area contributed by atoms with Crippen LogP contribution in [0.4, 0.5) is 0 Å². The van der Waals surface area contributed by atoms with Gasteiger partial charge >= 0.3 is 0 Å². The molecule has 66 valence electrons. The van der Waals surface area contributed by atoms with E-state index in [1.54, 1.807) is 7.11 Å². The van der Waals surface area contributed by atoms with Gasteiger partial charge in [-0.3, -0.25) is 4.90 Å². The summed E-state index contributed by atoms with van der Waals surface area (Å²) in [4.78, 5) is 2.12. The Labute approximate surface area is 70.5 Å². The smallest absolute Gasteiger partial charge is 0.0599 e. The first-order valence-electron chi connectivity index (χ1n) is 3.38. The van der Waals surface area contributed by atoms with Gasteiger partial charge in [-0.2, -0.15) is 0 Å². The lowest BCUT2D eigenvalue weighted by molar-refractivity contribution is 0.167. The second-order valence-corrected chi connectivity index (χ2v) is 2.16. The van der Waals surface area contributed by atoms with Crippen molar-refractivity contribution in [3.63, 3.8) is 0 Å². The monoisotopic (exact) mass is 157 g/mol. The summed E-state index contributed by atoms with van der Waals surface area (Å²) >= 11 is 0. The Morgan fingerprint density at radius 2 is 2.09 bits per heavy atom. The van der Waals surface area contributed by atoms with Gasteiger partial charge in [0.2, 0.25) is 0 Å². The molecule has 2 nitrogen and oxygen atoms in total. The number of likely N-dealkylation sites (N-methyl/N-ethyl adjacent to an activating group) is 1. The zero-order valence-electron chi connectivity index (χ0n) is 6.98. The van der Waals surface area contributed by atoms with E-state index in [4.69, 9.17) is 4.74 Å². The van der Waals surface area contributed by atoms with Crippen LogP contribution in [-0.4, -0.2) is 38.8 Å². The van der Waals surface area contributed by atoms with E-state index in [0.29, 0.717) is 0 Å². The van der Waals surface area contributed by atoms with E-state index in [1.165, 1.54) is 0 Å². The third-order valence-electron chi connectivity index (χ3n) is 1.20. The summed E-state index contributed by atoms with van der Waals surface area (Å²) in [6, 6.07) is 0. The minimum atomic E-state index is 0. The highest BCUT2D eigenvalue weighted by Gasteiger charge is 1.91. The first-order valence-corrected chi connectivity index (χ1v) is 3.38. The molecule has 0 aromatic rings. The fourth-order valence-corrected chi connectivity index (χ4v) is 0.540. The summed E-state index contributed by atoms with van der Waals surface area (Å²) in [7, 11) is 3.74. The molecule has 0 unspecified atom stereocenters. The molecule has 2 heteroatoms. The van der Waals surface area contributed by atoms with Crippen molar-refractivity contribution in [3.05, 3.63) is 0 Å². The van der Waals surface area contributed by atoms with Gasteiger partial charge in [0, 0.05) is 13.7 Å².